The number of carboxylic acids is 1. The van der Waals surface area contributed by atoms with Crippen molar-refractivity contribution in [3.8, 4) is 0 Å². The van der Waals surface area contributed by atoms with E-state index in [0.717, 1.165) is 24.6 Å². The van der Waals surface area contributed by atoms with Gasteiger partial charge in [0.1, 0.15) is 12.0 Å². The number of carbonyl (C=O) groups is 2. The van der Waals surface area contributed by atoms with Crippen molar-refractivity contribution in [2.75, 3.05) is 5.01 Å². The number of hydrogen-bond donors (Lipinski definition) is 2. The summed E-state index contributed by atoms with van der Waals surface area (Å²) < 4.78 is 13.1. The van der Waals surface area contributed by atoms with Crippen molar-refractivity contribution in [1.82, 2.24) is 5.32 Å². The van der Waals surface area contributed by atoms with Gasteiger partial charge >= 0.3 is 5.97 Å². The van der Waals surface area contributed by atoms with Crippen LogP contribution in [-0.4, -0.2) is 28.9 Å². The van der Waals surface area contributed by atoms with Crippen LogP contribution in [0.1, 0.15) is 12.8 Å². The number of hydrazone groups is 1. The largest absolute Gasteiger partial charge is 0.478 e. The molecule has 7 heteroatoms. The normalized spacial score (nSPS) is 26.3. The summed E-state index contributed by atoms with van der Waals surface area (Å²) in [4.78, 5) is 23.4. The van der Waals surface area contributed by atoms with Crippen LogP contribution in [0.25, 0.3) is 0 Å². The van der Waals surface area contributed by atoms with E-state index in [0.29, 0.717) is 5.69 Å². The molecule has 2 aliphatic heterocycles. The zero-order chi connectivity index (χ0) is 16.1. The van der Waals surface area contributed by atoms with Gasteiger partial charge in [-0.2, -0.15) is 5.10 Å². The van der Waals surface area contributed by atoms with Crippen LogP contribution in [0.5, 0.6) is 0 Å². The van der Waals surface area contributed by atoms with Crippen molar-refractivity contribution in [3.63, 3.8) is 0 Å². The van der Waals surface area contributed by atoms with E-state index in [2.05, 4.69) is 10.4 Å². The Kier molecular flexibility index (Phi) is 2.97. The molecule has 0 unspecified atom stereocenters. The Labute approximate surface area is 131 Å². The predicted molar refractivity (Wildman–Crippen MR) is 80.2 cm³/mol. The minimum absolute atomic E-state index is 0.0639. The van der Waals surface area contributed by atoms with E-state index in [1.807, 2.05) is 0 Å². The molecule has 3 aliphatic rings. The topological polar surface area (TPSA) is 82.0 Å². The van der Waals surface area contributed by atoms with E-state index >= 15 is 0 Å². The van der Waals surface area contributed by atoms with E-state index in [1.54, 1.807) is 17.1 Å². The fraction of sp³-hybridized carbons (Fsp3) is 0.312. The first-order chi connectivity index (χ1) is 11.0. The zero-order valence-electron chi connectivity index (χ0n) is 12.1. The third-order valence-corrected chi connectivity index (χ3v) is 4.37. The van der Waals surface area contributed by atoms with Gasteiger partial charge in [0, 0.05) is 6.08 Å². The number of benzene rings is 1. The molecule has 0 bridgehead atoms. The van der Waals surface area contributed by atoms with Gasteiger partial charge in [0.25, 0.3) is 0 Å². The molecule has 2 heterocycles. The molecule has 1 aromatic rings. The summed E-state index contributed by atoms with van der Waals surface area (Å²) in [5, 5.41) is 18.4. The first-order valence-electron chi connectivity index (χ1n) is 7.43. The second-order valence-corrected chi connectivity index (χ2v) is 5.96. The van der Waals surface area contributed by atoms with Crippen LogP contribution >= 0.6 is 0 Å². The highest BCUT2D eigenvalue weighted by molar-refractivity contribution is 6.09. The highest BCUT2D eigenvalue weighted by atomic mass is 19.1. The van der Waals surface area contributed by atoms with Crippen molar-refractivity contribution in [3.05, 3.63) is 41.7 Å². The van der Waals surface area contributed by atoms with Crippen LogP contribution in [0, 0.1) is 17.7 Å². The average molecular weight is 315 g/mol. The van der Waals surface area contributed by atoms with Crippen LogP contribution < -0.4 is 10.3 Å². The van der Waals surface area contributed by atoms with Gasteiger partial charge in [0.15, 0.2) is 0 Å². The Morgan fingerprint density at radius 3 is 2.61 bits per heavy atom. The van der Waals surface area contributed by atoms with Gasteiger partial charge in [-0.3, -0.25) is 4.79 Å². The molecule has 23 heavy (non-hydrogen) atoms. The maximum Gasteiger partial charge on any atom is 0.332 e. The Balaban J connectivity index is 1.78. The van der Waals surface area contributed by atoms with Crippen molar-refractivity contribution in [1.29, 1.82) is 0 Å². The first-order valence-corrected chi connectivity index (χ1v) is 7.43. The fourth-order valence-corrected chi connectivity index (χ4v) is 3.17. The predicted octanol–water partition coefficient (Wildman–Crippen LogP) is 1.49. The molecule has 1 saturated carbocycles. The number of anilines is 1. The molecule has 1 amide bonds. The van der Waals surface area contributed by atoms with Crippen LogP contribution in [0.3, 0.4) is 0 Å². The van der Waals surface area contributed by atoms with Gasteiger partial charge in [0.05, 0.1) is 22.9 Å². The molecular formula is C16H14FN3O3. The molecule has 6 nitrogen and oxygen atoms in total. The summed E-state index contributed by atoms with van der Waals surface area (Å²) in [6.45, 7) is 0. The highest BCUT2D eigenvalue weighted by Gasteiger charge is 2.49. The van der Waals surface area contributed by atoms with Crippen molar-refractivity contribution in [2.45, 2.75) is 19.0 Å². The van der Waals surface area contributed by atoms with Crippen molar-refractivity contribution >= 4 is 23.3 Å². The summed E-state index contributed by atoms with van der Waals surface area (Å²) in [6.07, 6.45) is 2.50. The van der Waals surface area contributed by atoms with Crippen molar-refractivity contribution < 1.29 is 19.1 Å². The lowest BCUT2D eigenvalue weighted by Crippen LogP contribution is -2.52. The molecule has 0 spiro atoms. The molecule has 1 aromatic carbocycles. The number of nitrogens with zero attached hydrogens (tertiary/aromatic N) is 2. The SMILES string of the molecule is O=C1C=C(C(=O)O)[C@@H]2C(C3CC3)=NN(c3ccc(F)cc3)[C@H]2N1. The zero-order valence-corrected chi connectivity index (χ0v) is 12.1. The quantitative estimate of drug-likeness (QED) is 0.885. The number of rotatable bonds is 3. The second-order valence-electron chi connectivity index (χ2n) is 5.96. The number of carbonyl (C=O) groups excluding carboxylic acids is 1. The number of nitrogens with one attached hydrogen (secondary N) is 1. The molecule has 0 saturated heterocycles. The minimum Gasteiger partial charge on any atom is -0.478 e. The Morgan fingerprint density at radius 1 is 1.30 bits per heavy atom. The fourth-order valence-electron chi connectivity index (χ4n) is 3.17. The van der Waals surface area contributed by atoms with E-state index in [1.165, 1.54) is 12.1 Å². The summed E-state index contributed by atoms with van der Waals surface area (Å²) in [5.74, 6) is -2.14. The Bertz CT molecular complexity index is 752. The minimum atomic E-state index is -1.11. The van der Waals surface area contributed by atoms with Crippen LogP contribution in [0.2, 0.25) is 0 Å². The van der Waals surface area contributed by atoms with Crippen LogP contribution in [-0.2, 0) is 9.59 Å². The standard InChI is InChI=1S/C16H14FN3O3/c17-9-3-5-10(6-4-9)20-15-13(14(19-20)8-1-2-8)11(16(22)23)7-12(21)18-15/h3-8,13,15H,1-2H2,(H,18,21)(H,22,23)/t13-,15-/m1/s1. The summed E-state index contributed by atoms with van der Waals surface area (Å²) in [6, 6.07) is 5.76. The van der Waals surface area contributed by atoms with Gasteiger partial charge in [-0.05, 0) is 43.0 Å². The summed E-state index contributed by atoms with van der Waals surface area (Å²) in [5.41, 5.74) is 1.46. The van der Waals surface area contributed by atoms with Crippen LogP contribution in [0.15, 0.2) is 41.0 Å². The number of hydrogen-bond acceptors (Lipinski definition) is 4. The first kappa shape index (κ1) is 13.9. The molecular weight excluding hydrogens is 301 g/mol. The van der Waals surface area contributed by atoms with E-state index in [9.17, 15) is 19.1 Å². The molecule has 2 N–H and O–H groups in total. The highest BCUT2D eigenvalue weighted by Crippen LogP contribution is 2.42. The van der Waals surface area contributed by atoms with Gasteiger partial charge < -0.3 is 10.4 Å². The average Bonchev–Trinajstić information content (AvgIpc) is 3.29. The number of amides is 1. The second kappa shape index (κ2) is 4.91. The van der Waals surface area contributed by atoms with E-state index in [4.69, 9.17) is 0 Å². The maximum atomic E-state index is 13.1. The number of fused-ring (bicyclic) bond motifs is 1. The molecule has 2 atom stereocenters. The van der Waals surface area contributed by atoms with Crippen LogP contribution in [0.4, 0.5) is 10.1 Å². The Hall–Kier alpha value is -2.70. The van der Waals surface area contributed by atoms with Crippen molar-refractivity contribution in [2.24, 2.45) is 16.9 Å². The van der Waals surface area contributed by atoms with Gasteiger partial charge in [-0.1, -0.05) is 0 Å². The Morgan fingerprint density at radius 2 is 2.00 bits per heavy atom. The van der Waals surface area contributed by atoms with E-state index in [-0.39, 0.29) is 17.3 Å². The summed E-state index contributed by atoms with van der Waals surface area (Å²) >= 11 is 0. The number of halogens is 1. The third-order valence-electron chi connectivity index (χ3n) is 4.37. The third kappa shape index (κ3) is 2.28. The smallest absolute Gasteiger partial charge is 0.332 e. The lowest BCUT2D eigenvalue weighted by molar-refractivity contribution is -0.134. The summed E-state index contributed by atoms with van der Waals surface area (Å²) in [7, 11) is 0. The molecule has 4 rings (SSSR count). The van der Waals surface area contributed by atoms with Gasteiger partial charge in [0.2, 0.25) is 5.91 Å². The van der Waals surface area contributed by atoms with E-state index < -0.39 is 24.0 Å². The molecule has 118 valence electrons. The molecule has 0 radical (unpaired) electrons. The molecule has 0 aromatic heterocycles. The van der Waals surface area contributed by atoms with Gasteiger partial charge in [-0.15, -0.1) is 0 Å². The molecule has 1 fully saturated rings. The maximum absolute atomic E-state index is 13.1. The number of carboxylic acid groups (broad SMARTS) is 1. The lowest BCUT2D eigenvalue weighted by atomic mass is 9.86. The monoisotopic (exact) mass is 315 g/mol. The lowest BCUT2D eigenvalue weighted by Gasteiger charge is -2.31. The number of aliphatic carboxylic acids is 1. The molecule has 1 aliphatic carbocycles. The van der Waals surface area contributed by atoms with Gasteiger partial charge in [-0.25, -0.2) is 14.2 Å².